The number of unbranched alkanes of at least 4 members (excludes halogenated alkanes) is 1. The summed E-state index contributed by atoms with van der Waals surface area (Å²) < 4.78 is 0.0851. The number of amides is 2. The first-order valence-electron chi connectivity index (χ1n) is 5.85. The van der Waals surface area contributed by atoms with Gasteiger partial charge in [0.15, 0.2) is 0 Å². The van der Waals surface area contributed by atoms with Crippen molar-refractivity contribution in [1.82, 2.24) is 4.90 Å². The van der Waals surface area contributed by atoms with Crippen LogP contribution in [0.5, 0.6) is 0 Å². The van der Waals surface area contributed by atoms with Crippen molar-refractivity contribution in [2.45, 2.75) is 56.5 Å². The van der Waals surface area contributed by atoms with E-state index in [1.54, 1.807) is 18.8 Å². The zero-order valence-electron chi connectivity index (χ0n) is 10.6. The molecule has 1 atom stereocenters. The van der Waals surface area contributed by atoms with Crippen molar-refractivity contribution in [3.8, 4) is 0 Å². The third kappa shape index (κ3) is 3.24. The van der Waals surface area contributed by atoms with E-state index in [1.807, 2.05) is 0 Å². The van der Waals surface area contributed by atoms with Crippen LogP contribution in [0.3, 0.4) is 0 Å². The van der Waals surface area contributed by atoms with E-state index < -0.39 is 0 Å². The van der Waals surface area contributed by atoms with Gasteiger partial charge in [0.05, 0.1) is 5.25 Å². The van der Waals surface area contributed by atoms with Crippen LogP contribution in [0.15, 0.2) is 0 Å². The second-order valence-electron chi connectivity index (χ2n) is 4.96. The fourth-order valence-corrected chi connectivity index (χ4v) is 3.38. The van der Waals surface area contributed by atoms with E-state index in [9.17, 15) is 9.59 Å². The molecule has 0 aromatic rings. The highest BCUT2D eigenvalue weighted by molar-refractivity contribution is 8.02. The fraction of sp³-hybridized carbons (Fsp3) is 0.833. The number of carbonyl (C=O) groups is 2. The summed E-state index contributed by atoms with van der Waals surface area (Å²) >= 11 is 1.65. The Labute approximate surface area is 102 Å². The zero-order valence-corrected chi connectivity index (χ0v) is 11.4. The molecule has 0 aliphatic carbocycles. The number of hydrogen-bond acceptors (Lipinski definition) is 3. The summed E-state index contributed by atoms with van der Waals surface area (Å²) in [6.45, 7) is 6.48. The highest BCUT2D eigenvalue weighted by Gasteiger charge is 2.39. The highest BCUT2D eigenvalue weighted by atomic mass is 32.2. The average Bonchev–Trinajstić information content (AvgIpc) is 2.43. The second-order valence-corrected chi connectivity index (χ2v) is 6.87. The molecule has 0 radical (unpaired) electrons. The number of carbonyl (C=O) groups excluding carboxylic acids is 2. The molecular weight excluding hydrogens is 222 g/mol. The normalized spacial score (nSPS) is 22.0. The molecule has 1 rings (SSSR count). The van der Waals surface area contributed by atoms with Gasteiger partial charge in [0.2, 0.25) is 11.8 Å². The molecule has 4 heteroatoms. The summed E-state index contributed by atoms with van der Waals surface area (Å²) in [5, 5.41) is -0.163. The van der Waals surface area contributed by atoms with Crippen LogP contribution in [0.4, 0.5) is 0 Å². The molecule has 3 nitrogen and oxygen atoms in total. The molecule has 0 N–H and O–H groups in total. The van der Waals surface area contributed by atoms with E-state index in [0.717, 1.165) is 6.42 Å². The van der Waals surface area contributed by atoms with E-state index in [-0.39, 0.29) is 21.8 Å². The molecule has 0 aromatic carbocycles. The van der Waals surface area contributed by atoms with Gasteiger partial charge < -0.3 is 0 Å². The van der Waals surface area contributed by atoms with Crippen molar-refractivity contribution in [2.24, 2.45) is 0 Å². The first-order valence-corrected chi connectivity index (χ1v) is 6.73. The minimum absolute atomic E-state index is 0.0282. The fourth-order valence-electron chi connectivity index (χ4n) is 1.86. The van der Waals surface area contributed by atoms with Gasteiger partial charge >= 0.3 is 0 Å². The summed E-state index contributed by atoms with van der Waals surface area (Å²) in [5.74, 6) is -0.0756. The van der Waals surface area contributed by atoms with E-state index in [2.05, 4.69) is 20.8 Å². The summed E-state index contributed by atoms with van der Waals surface area (Å²) in [6.07, 6.45) is 3.80. The van der Waals surface area contributed by atoms with Gasteiger partial charge in [0, 0.05) is 18.2 Å². The summed E-state index contributed by atoms with van der Waals surface area (Å²) in [7, 11) is 1.57. The summed E-state index contributed by atoms with van der Waals surface area (Å²) in [5.41, 5.74) is 0. The largest absolute Gasteiger partial charge is 0.285 e. The maximum atomic E-state index is 11.8. The molecule has 0 saturated carbocycles. The van der Waals surface area contributed by atoms with Crippen LogP contribution in [0.2, 0.25) is 0 Å². The zero-order chi connectivity index (χ0) is 12.3. The maximum absolute atomic E-state index is 11.8. The topological polar surface area (TPSA) is 37.4 Å². The van der Waals surface area contributed by atoms with Crippen molar-refractivity contribution in [3.63, 3.8) is 0 Å². The van der Waals surface area contributed by atoms with Crippen molar-refractivity contribution in [2.75, 3.05) is 7.05 Å². The third-order valence-electron chi connectivity index (χ3n) is 2.93. The molecule has 0 aromatic heterocycles. The molecule has 16 heavy (non-hydrogen) atoms. The van der Waals surface area contributed by atoms with E-state index in [0.29, 0.717) is 6.42 Å². The van der Waals surface area contributed by atoms with Crippen LogP contribution in [-0.2, 0) is 9.59 Å². The van der Waals surface area contributed by atoms with Crippen LogP contribution in [0, 0.1) is 0 Å². The highest BCUT2D eigenvalue weighted by Crippen LogP contribution is 2.37. The molecule has 0 spiro atoms. The maximum Gasteiger partial charge on any atom is 0.242 e. The van der Waals surface area contributed by atoms with Gasteiger partial charge in [-0.05, 0) is 6.42 Å². The van der Waals surface area contributed by atoms with Gasteiger partial charge in [-0.15, -0.1) is 11.8 Å². The Morgan fingerprint density at radius 3 is 2.50 bits per heavy atom. The number of hydrogen-bond donors (Lipinski definition) is 0. The van der Waals surface area contributed by atoms with Crippen molar-refractivity contribution >= 4 is 23.6 Å². The molecule has 1 saturated heterocycles. The van der Waals surface area contributed by atoms with Gasteiger partial charge in [0.1, 0.15) is 0 Å². The molecule has 1 heterocycles. The van der Waals surface area contributed by atoms with E-state index >= 15 is 0 Å². The van der Waals surface area contributed by atoms with Crippen LogP contribution < -0.4 is 0 Å². The lowest BCUT2D eigenvalue weighted by atomic mass is 10.1. The molecule has 1 unspecified atom stereocenters. The average molecular weight is 243 g/mol. The third-order valence-corrected chi connectivity index (χ3v) is 4.43. The van der Waals surface area contributed by atoms with Crippen molar-refractivity contribution < 1.29 is 9.59 Å². The van der Waals surface area contributed by atoms with E-state index in [1.165, 1.54) is 17.7 Å². The molecule has 2 amide bonds. The first kappa shape index (κ1) is 13.6. The summed E-state index contributed by atoms with van der Waals surface area (Å²) in [6, 6.07) is 0. The Morgan fingerprint density at radius 1 is 1.44 bits per heavy atom. The lowest BCUT2D eigenvalue weighted by molar-refractivity contribution is -0.136. The molecule has 92 valence electrons. The van der Waals surface area contributed by atoms with Gasteiger partial charge in [0.25, 0.3) is 0 Å². The second kappa shape index (κ2) is 5.21. The number of likely N-dealkylation sites (tertiary alicyclic amines) is 1. The Kier molecular flexibility index (Phi) is 4.42. The smallest absolute Gasteiger partial charge is 0.242 e. The molecule has 1 aliphatic heterocycles. The lowest BCUT2D eigenvalue weighted by Gasteiger charge is -2.26. The number of thioether (sulfide) groups is 1. The van der Waals surface area contributed by atoms with Crippen LogP contribution in [0.1, 0.15) is 46.5 Å². The predicted octanol–water partition coefficient (Wildman–Crippen LogP) is 2.45. The van der Waals surface area contributed by atoms with Gasteiger partial charge in [-0.1, -0.05) is 33.6 Å². The SMILES string of the molecule is CCCCC(C)(C)SC1CC(=O)N(C)C1=O. The molecular formula is C12H21NO2S. The quantitative estimate of drug-likeness (QED) is 0.696. The Balaban J connectivity index is 2.54. The van der Waals surface area contributed by atoms with Crippen LogP contribution >= 0.6 is 11.8 Å². The van der Waals surface area contributed by atoms with Crippen molar-refractivity contribution in [1.29, 1.82) is 0 Å². The number of nitrogens with zero attached hydrogens (tertiary/aromatic N) is 1. The number of imide groups is 1. The number of rotatable bonds is 5. The minimum atomic E-state index is -0.163. The standard InChI is InChI=1S/C12H21NO2S/c1-5-6-7-12(2,3)16-9-8-10(14)13(4)11(9)15/h9H,5-8H2,1-4H3. The van der Waals surface area contributed by atoms with Crippen LogP contribution in [0.25, 0.3) is 0 Å². The monoisotopic (exact) mass is 243 g/mol. The Morgan fingerprint density at radius 2 is 2.06 bits per heavy atom. The molecule has 1 fully saturated rings. The van der Waals surface area contributed by atoms with E-state index in [4.69, 9.17) is 0 Å². The first-order chi connectivity index (χ1) is 7.37. The molecule has 0 bridgehead atoms. The van der Waals surface area contributed by atoms with Gasteiger partial charge in [-0.25, -0.2) is 0 Å². The van der Waals surface area contributed by atoms with Crippen LogP contribution in [-0.4, -0.2) is 33.8 Å². The predicted molar refractivity (Wildman–Crippen MR) is 67.4 cm³/mol. The minimum Gasteiger partial charge on any atom is -0.285 e. The Bertz CT molecular complexity index is 289. The van der Waals surface area contributed by atoms with Crippen molar-refractivity contribution in [3.05, 3.63) is 0 Å². The molecule has 1 aliphatic rings. The summed E-state index contributed by atoms with van der Waals surface area (Å²) in [4.78, 5) is 24.4. The van der Waals surface area contributed by atoms with Gasteiger partial charge in [-0.3, -0.25) is 14.5 Å². The Hall–Kier alpha value is -0.510. The lowest BCUT2D eigenvalue weighted by Crippen LogP contribution is -2.29. The van der Waals surface area contributed by atoms with Gasteiger partial charge in [-0.2, -0.15) is 0 Å².